The number of hydrogen-bond acceptors (Lipinski definition) is 4. The zero-order chi connectivity index (χ0) is 12.8. The number of hydrogen-bond donors (Lipinski definition) is 3. The Morgan fingerprint density at radius 1 is 1.53 bits per heavy atom. The van der Waals surface area contributed by atoms with E-state index in [1.54, 1.807) is 0 Å². The van der Waals surface area contributed by atoms with E-state index in [2.05, 4.69) is 5.32 Å². The van der Waals surface area contributed by atoms with Crippen molar-refractivity contribution >= 4 is 5.91 Å². The molecule has 0 fully saturated rings. The molecule has 0 spiro atoms. The van der Waals surface area contributed by atoms with Crippen LogP contribution in [0.3, 0.4) is 0 Å². The molecule has 3 N–H and O–H groups in total. The van der Waals surface area contributed by atoms with Crippen molar-refractivity contribution in [1.82, 2.24) is 9.88 Å². The quantitative estimate of drug-likeness (QED) is 0.658. The average Bonchev–Trinajstić information content (AvgIpc) is 2.31. The Bertz CT molecular complexity index is 453. The van der Waals surface area contributed by atoms with Gasteiger partial charge in [0.15, 0.2) is 11.4 Å². The molecule has 0 unspecified atom stereocenters. The number of aromatic nitrogens is 1. The summed E-state index contributed by atoms with van der Waals surface area (Å²) in [5.74, 6) is -1.11. The predicted molar refractivity (Wildman–Crippen MR) is 62.1 cm³/mol. The molecule has 0 saturated heterocycles. The standard InChI is InChI=1S/C11H16N2O4/c1-2-4-12-11(17)9-10(16)8(15)3-5-13(9)6-7-14/h3,5,14,16H,2,4,6-7H2,1H3,(H,12,17). The van der Waals surface area contributed by atoms with Crippen LogP contribution in [0.4, 0.5) is 0 Å². The van der Waals surface area contributed by atoms with Crippen molar-refractivity contribution in [3.63, 3.8) is 0 Å². The van der Waals surface area contributed by atoms with Crippen molar-refractivity contribution in [2.75, 3.05) is 13.2 Å². The Balaban J connectivity index is 3.13. The largest absolute Gasteiger partial charge is 0.503 e. The number of nitrogens with one attached hydrogen (secondary N) is 1. The van der Waals surface area contributed by atoms with Crippen LogP contribution < -0.4 is 10.7 Å². The molecule has 0 atom stereocenters. The molecule has 0 bridgehead atoms. The lowest BCUT2D eigenvalue weighted by Crippen LogP contribution is -2.29. The highest BCUT2D eigenvalue weighted by molar-refractivity contribution is 5.95. The third-order valence-electron chi connectivity index (χ3n) is 2.24. The number of carbonyl (C=O) groups excluding carboxylic acids is 1. The molecule has 0 radical (unpaired) electrons. The van der Waals surface area contributed by atoms with E-state index in [-0.39, 0.29) is 18.8 Å². The normalized spacial score (nSPS) is 10.2. The summed E-state index contributed by atoms with van der Waals surface area (Å²) in [5.41, 5.74) is -0.721. The third-order valence-corrected chi connectivity index (χ3v) is 2.24. The number of aliphatic hydroxyl groups excluding tert-OH is 1. The summed E-state index contributed by atoms with van der Waals surface area (Å²) in [6.07, 6.45) is 2.13. The van der Waals surface area contributed by atoms with Crippen molar-refractivity contribution in [1.29, 1.82) is 0 Å². The number of amides is 1. The Morgan fingerprint density at radius 2 is 2.24 bits per heavy atom. The van der Waals surface area contributed by atoms with Gasteiger partial charge in [-0.3, -0.25) is 9.59 Å². The van der Waals surface area contributed by atoms with Crippen LogP contribution in [-0.4, -0.2) is 33.8 Å². The summed E-state index contributed by atoms with van der Waals surface area (Å²) in [4.78, 5) is 23.0. The molecule has 1 aromatic heterocycles. The number of aromatic hydroxyl groups is 1. The molecule has 1 aromatic rings. The maximum atomic E-state index is 11.8. The highest BCUT2D eigenvalue weighted by Gasteiger charge is 2.17. The van der Waals surface area contributed by atoms with Crippen molar-refractivity contribution < 1.29 is 15.0 Å². The highest BCUT2D eigenvalue weighted by Crippen LogP contribution is 2.11. The molecular weight excluding hydrogens is 224 g/mol. The first-order chi connectivity index (χ1) is 8.11. The maximum Gasteiger partial charge on any atom is 0.271 e. The van der Waals surface area contributed by atoms with Crippen molar-refractivity contribution in [2.24, 2.45) is 0 Å². The first kappa shape index (κ1) is 13.2. The van der Waals surface area contributed by atoms with Gasteiger partial charge in [-0.1, -0.05) is 6.92 Å². The highest BCUT2D eigenvalue weighted by atomic mass is 16.3. The molecule has 6 heteroatoms. The van der Waals surface area contributed by atoms with Crippen LogP contribution in [0.1, 0.15) is 23.8 Å². The summed E-state index contributed by atoms with van der Waals surface area (Å²) in [7, 11) is 0. The minimum absolute atomic E-state index is 0.111. The monoisotopic (exact) mass is 240 g/mol. The lowest BCUT2D eigenvalue weighted by molar-refractivity contribution is 0.0938. The first-order valence-electron chi connectivity index (χ1n) is 5.43. The summed E-state index contributed by atoms with van der Waals surface area (Å²) < 4.78 is 1.35. The van der Waals surface area contributed by atoms with E-state index < -0.39 is 17.1 Å². The van der Waals surface area contributed by atoms with Crippen LogP contribution in [0.15, 0.2) is 17.1 Å². The molecule has 0 aromatic carbocycles. The molecule has 0 aliphatic heterocycles. The lowest BCUT2D eigenvalue weighted by Gasteiger charge is -2.13. The number of nitrogens with zero attached hydrogens (tertiary/aromatic N) is 1. The fourth-order valence-electron chi connectivity index (χ4n) is 1.42. The second-order valence-corrected chi connectivity index (χ2v) is 3.55. The van der Waals surface area contributed by atoms with Gasteiger partial charge in [0.2, 0.25) is 5.43 Å². The molecule has 94 valence electrons. The molecule has 0 aliphatic rings. The number of carbonyl (C=O) groups is 1. The number of pyridine rings is 1. The minimum Gasteiger partial charge on any atom is -0.503 e. The smallest absolute Gasteiger partial charge is 0.271 e. The molecule has 1 rings (SSSR count). The maximum absolute atomic E-state index is 11.8. The van der Waals surface area contributed by atoms with Gasteiger partial charge < -0.3 is 20.1 Å². The van der Waals surface area contributed by atoms with E-state index in [1.165, 1.54) is 10.8 Å². The SMILES string of the molecule is CCCNC(=O)c1c(O)c(=O)ccn1CCO. The van der Waals surface area contributed by atoms with Crippen molar-refractivity contribution in [3.8, 4) is 5.75 Å². The zero-order valence-electron chi connectivity index (χ0n) is 9.64. The van der Waals surface area contributed by atoms with E-state index in [1.807, 2.05) is 6.92 Å². The summed E-state index contributed by atoms with van der Waals surface area (Å²) in [6.45, 7) is 2.31. The van der Waals surface area contributed by atoms with E-state index >= 15 is 0 Å². The minimum atomic E-state index is -0.610. The van der Waals surface area contributed by atoms with E-state index in [9.17, 15) is 14.7 Å². The van der Waals surface area contributed by atoms with Gasteiger partial charge in [-0.25, -0.2) is 0 Å². The van der Waals surface area contributed by atoms with Crippen LogP contribution in [0.2, 0.25) is 0 Å². The van der Waals surface area contributed by atoms with Crippen LogP contribution in [0, 0.1) is 0 Å². The topological polar surface area (TPSA) is 91.6 Å². The fourth-order valence-corrected chi connectivity index (χ4v) is 1.42. The lowest BCUT2D eigenvalue weighted by atomic mass is 10.2. The fraction of sp³-hybridized carbons (Fsp3) is 0.455. The van der Waals surface area contributed by atoms with E-state index in [4.69, 9.17) is 5.11 Å². The van der Waals surface area contributed by atoms with Crippen LogP contribution in [-0.2, 0) is 6.54 Å². The first-order valence-corrected chi connectivity index (χ1v) is 5.43. The average molecular weight is 240 g/mol. The van der Waals surface area contributed by atoms with Crippen LogP contribution >= 0.6 is 0 Å². The van der Waals surface area contributed by atoms with Gasteiger partial charge in [0.25, 0.3) is 5.91 Å². The van der Waals surface area contributed by atoms with E-state index in [0.717, 1.165) is 12.5 Å². The summed E-state index contributed by atoms with van der Waals surface area (Å²) in [5, 5.41) is 21.0. The predicted octanol–water partition coefficient (Wildman–Crippen LogP) is -0.314. The van der Waals surface area contributed by atoms with Crippen LogP contribution in [0.5, 0.6) is 5.75 Å². The van der Waals surface area contributed by atoms with Gasteiger partial charge in [-0.15, -0.1) is 0 Å². The van der Waals surface area contributed by atoms with Crippen LogP contribution in [0.25, 0.3) is 0 Å². The van der Waals surface area contributed by atoms with Gasteiger partial charge in [0, 0.05) is 25.4 Å². The van der Waals surface area contributed by atoms with Crippen molar-refractivity contribution in [2.45, 2.75) is 19.9 Å². The molecular formula is C11H16N2O4. The van der Waals surface area contributed by atoms with E-state index in [0.29, 0.717) is 6.54 Å². The van der Waals surface area contributed by atoms with Gasteiger partial charge >= 0.3 is 0 Å². The van der Waals surface area contributed by atoms with Gasteiger partial charge in [-0.05, 0) is 6.42 Å². The third kappa shape index (κ3) is 3.07. The van der Waals surface area contributed by atoms with Gasteiger partial charge in [0.1, 0.15) is 0 Å². The van der Waals surface area contributed by atoms with Gasteiger partial charge in [0.05, 0.1) is 6.61 Å². The number of rotatable bonds is 5. The Hall–Kier alpha value is -1.82. The Kier molecular flexibility index (Phi) is 4.71. The Labute approximate surface area is 98.5 Å². The van der Waals surface area contributed by atoms with Crippen molar-refractivity contribution in [3.05, 3.63) is 28.2 Å². The molecule has 17 heavy (non-hydrogen) atoms. The Morgan fingerprint density at radius 3 is 2.82 bits per heavy atom. The summed E-state index contributed by atoms with van der Waals surface area (Å²) in [6, 6.07) is 1.15. The molecule has 0 saturated carbocycles. The zero-order valence-corrected chi connectivity index (χ0v) is 9.64. The molecule has 0 aliphatic carbocycles. The second kappa shape index (κ2) is 6.05. The molecule has 6 nitrogen and oxygen atoms in total. The molecule has 1 heterocycles. The number of aliphatic hydroxyl groups is 1. The van der Waals surface area contributed by atoms with Gasteiger partial charge in [-0.2, -0.15) is 0 Å². The second-order valence-electron chi connectivity index (χ2n) is 3.55. The molecule has 1 amide bonds. The summed E-state index contributed by atoms with van der Waals surface area (Å²) >= 11 is 0.